The van der Waals surface area contributed by atoms with Gasteiger partial charge in [0.25, 0.3) is 17.4 Å². The molecule has 2 heterocycles. The second-order valence-electron chi connectivity index (χ2n) is 5.86. The molecule has 3 rings (SSSR count). The fourth-order valence-corrected chi connectivity index (χ4v) is 2.67. The highest BCUT2D eigenvalue weighted by Crippen LogP contribution is 2.35. The van der Waals surface area contributed by atoms with Crippen LogP contribution in [0.15, 0.2) is 42.6 Å². The number of nitrogens with one attached hydrogen (secondary N) is 1. The number of pyridine rings is 1. The van der Waals surface area contributed by atoms with Gasteiger partial charge in [0.2, 0.25) is 0 Å². The Morgan fingerprint density at radius 1 is 1.36 bits per heavy atom. The molecule has 2 amide bonds. The van der Waals surface area contributed by atoms with E-state index >= 15 is 0 Å². The number of amides is 2. The highest BCUT2D eigenvalue weighted by molar-refractivity contribution is 6.15. The maximum atomic E-state index is 12.7. The molecule has 7 nitrogen and oxygen atoms in total. The van der Waals surface area contributed by atoms with Crippen molar-refractivity contribution in [2.24, 2.45) is 0 Å². The fourth-order valence-electron chi connectivity index (χ4n) is 2.67. The van der Waals surface area contributed by atoms with Gasteiger partial charge in [-0.25, -0.2) is 4.98 Å². The zero-order valence-corrected chi connectivity index (χ0v) is 14.3. The van der Waals surface area contributed by atoms with Crippen molar-refractivity contribution in [3.63, 3.8) is 0 Å². The summed E-state index contributed by atoms with van der Waals surface area (Å²) in [7, 11) is 3.15. The van der Waals surface area contributed by atoms with Crippen LogP contribution < -0.4 is 19.7 Å². The number of aromatic nitrogens is 1. The number of ether oxygens (including phenoxy) is 2. The molecule has 0 saturated heterocycles. The maximum absolute atomic E-state index is 12.7. The molecule has 0 saturated carbocycles. The van der Waals surface area contributed by atoms with Crippen molar-refractivity contribution >= 4 is 17.6 Å². The Morgan fingerprint density at radius 2 is 2.16 bits per heavy atom. The van der Waals surface area contributed by atoms with E-state index in [4.69, 9.17) is 9.47 Å². The van der Waals surface area contributed by atoms with Gasteiger partial charge in [-0.2, -0.15) is 0 Å². The number of carbonyl (C=O) groups is 2. The van der Waals surface area contributed by atoms with E-state index in [-0.39, 0.29) is 6.54 Å². The van der Waals surface area contributed by atoms with E-state index < -0.39 is 17.4 Å². The molecule has 1 unspecified atom stereocenters. The number of nitrogens with zero attached hydrogens (tertiary/aromatic N) is 2. The topological polar surface area (TPSA) is 80.8 Å². The summed E-state index contributed by atoms with van der Waals surface area (Å²) in [6, 6.07) is 10.7. The first-order valence-electron chi connectivity index (χ1n) is 7.79. The zero-order valence-electron chi connectivity index (χ0n) is 14.3. The van der Waals surface area contributed by atoms with E-state index in [1.807, 2.05) is 24.3 Å². The molecule has 0 spiro atoms. The van der Waals surface area contributed by atoms with Gasteiger partial charge in [0.1, 0.15) is 5.75 Å². The summed E-state index contributed by atoms with van der Waals surface area (Å²) in [5.74, 6) is 0.500. The Labute approximate surface area is 145 Å². The van der Waals surface area contributed by atoms with E-state index in [2.05, 4.69) is 10.3 Å². The van der Waals surface area contributed by atoms with Crippen LogP contribution in [0.25, 0.3) is 0 Å². The molecule has 2 aromatic rings. The minimum atomic E-state index is -1.65. The van der Waals surface area contributed by atoms with Gasteiger partial charge in [-0.15, -0.1) is 0 Å². The van der Waals surface area contributed by atoms with Crippen molar-refractivity contribution in [1.29, 1.82) is 0 Å². The SMILES string of the molecule is COc1cccc(CNC(=O)C2(C)Oc3cccnc3N(C)C2=O)c1. The average Bonchev–Trinajstić information content (AvgIpc) is 2.64. The third kappa shape index (κ3) is 3.00. The van der Waals surface area contributed by atoms with Crippen LogP contribution in [0.4, 0.5) is 5.82 Å². The van der Waals surface area contributed by atoms with Gasteiger partial charge in [-0.05, 0) is 36.8 Å². The summed E-state index contributed by atoms with van der Waals surface area (Å²) < 4.78 is 10.9. The third-order valence-electron chi connectivity index (χ3n) is 4.12. The van der Waals surface area contributed by atoms with E-state index in [0.29, 0.717) is 17.3 Å². The van der Waals surface area contributed by atoms with Gasteiger partial charge in [0.05, 0.1) is 7.11 Å². The van der Waals surface area contributed by atoms with Crippen LogP contribution in [0.2, 0.25) is 0 Å². The highest BCUT2D eigenvalue weighted by Gasteiger charge is 2.50. The van der Waals surface area contributed by atoms with Gasteiger partial charge >= 0.3 is 0 Å². The molecular weight excluding hydrogens is 322 g/mol. The van der Waals surface area contributed by atoms with Crippen molar-refractivity contribution in [2.45, 2.75) is 19.1 Å². The number of likely N-dealkylation sites (N-methyl/N-ethyl adjacent to an activating group) is 1. The van der Waals surface area contributed by atoms with E-state index in [1.165, 1.54) is 11.8 Å². The number of methoxy groups -OCH3 is 1. The Bertz CT molecular complexity index is 823. The van der Waals surface area contributed by atoms with Crippen LogP contribution >= 0.6 is 0 Å². The first kappa shape index (κ1) is 16.8. The van der Waals surface area contributed by atoms with Gasteiger partial charge in [0.15, 0.2) is 11.6 Å². The van der Waals surface area contributed by atoms with Gasteiger partial charge in [-0.1, -0.05) is 12.1 Å². The summed E-state index contributed by atoms with van der Waals surface area (Å²) in [5.41, 5.74) is -0.793. The minimum Gasteiger partial charge on any atom is -0.497 e. The predicted octanol–water partition coefficient (Wildman–Crippen LogP) is 1.52. The number of benzene rings is 1. The number of hydrogen-bond donors (Lipinski definition) is 1. The molecule has 0 bridgehead atoms. The maximum Gasteiger partial charge on any atom is 0.281 e. The number of hydrogen-bond acceptors (Lipinski definition) is 5. The Kier molecular flexibility index (Phi) is 4.31. The summed E-state index contributed by atoms with van der Waals surface area (Å²) in [4.78, 5) is 30.8. The van der Waals surface area contributed by atoms with E-state index in [1.54, 1.807) is 32.5 Å². The quantitative estimate of drug-likeness (QED) is 0.853. The number of fused-ring (bicyclic) bond motifs is 1. The van der Waals surface area contributed by atoms with Crippen molar-refractivity contribution < 1.29 is 19.1 Å². The summed E-state index contributed by atoms with van der Waals surface area (Å²) >= 11 is 0. The molecule has 1 aromatic carbocycles. The molecular formula is C18H19N3O4. The van der Waals surface area contributed by atoms with Crippen LogP contribution in [0.3, 0.4) is 0 Å². The summed E-state index contributed by atoms with van der Waals surface area (Å²) in [6.07, 6.45) is 1.57. The summed E-state index contributed by atoms with van der Waals surface area (Å²) in [5, 5.41) is 2.75. The molecule has 1 aliphatic heterocycles. The monoisotopic (exact) mass is 341 g/mol. The van der Waals surface area contributed by atoms with Gasteiger partial charge in [-0.3, -0.25) is 14.5 Å². The van der Waals surface area contributed by atoms with Crippen LogP contribution in [-0.2, 0) is 16.1 Å². The average molecular weight is 341 g/mol. The minimum absolute atomic E-state index is 0.256. The molecule has 0 aliphatic carbocycles. The van der Waals surface area contributed by atoms with Crippen molar-refractivity contribution in [2.75, 3.05) is 19.1 Å². The van der Waals surface area contributed by atoms with Crippen LogP contribution in [0, 0.1) is 0 Å². The predicted molar refractivity (Wildman–Crippen MR) is 91.5 cm³/mol. The number of carbonyl (C=O) groups excluding carboxylic acids is 2. The lowest BCUT2D eigenvalue weighted by Gasteiger charge is -2.36. The van der Waals surface area contributed by atoms with Crippen molar-refractivity contribution in [3.05, 3.63) is 48.2 Å². The Balaban J connectivity index is 1.78. The Hall–Kier alpha value is -3.09. The molecule has 7 heteroatoms. The molecule has 1 N–H and O–H groups in total. The molecule has 0 fully saturated rings. The standard InChI is InChI=1S/C18H19N3O4/c1-18(16(22)20-11-12-6-4-7-13(10-12)24-3)17(23)21(2)15-14(25-18)8-5-9-19-15/h4-10H,11H2,1-3H3,(H,20,22). The second kappa shape index (κ2) is 6.43. The molecule has 1 atom stereocenters. The zero-order chi connectivity index (χ0) is 18.0. The molecule has 1 aromatic heterocycles. The first-order valence-corrected chi connectivity index (χ1v) is 7.79. The van der Waals surface area contributed by atoms with Gasteiger partial charge < -0.3 is 14.8 Å². The second-order valence-corrected chi connectivity index (χ2v) is 5.86. The normalized spacial score (nSPS) is 19.0. The van der Waals surface area contributed by atoms with Gasteiger partial charge in [0, 0.05) is 19.8 Å². The van der Waals surface area contributed by atoms with E-state index in [9.17, 15) is 9.59 Å². The molecule has 130 valence electrons. The largest absolute Gasteiger partial charge is 0.497 e. The van der Waals surface area contributed by atoms with Crippen LogP contribution in [-0.4, -0.2) is 36.6 Å². The molecule has 1 aliphatic rings. The molecule has 25 heavy (non-hydrogen) atoms. The van der Waals surface area contributed by atoms with Crippen LogP contribution in [0.5, 0.6) is 11.5 Å². The lowest BCUT2D eigenvalue weighted by atomic mass is 10.0. The third-order valence-corrected chi connectivity index (χ3v) is 4.12. The molecule has 0 radical (unpaired) electrons. The lowest BCUT2D eigenvalue weighted by molar-refractivity contribution is -0.148. The van der Waals surface area contributed by atoms with Crippen molar-refractivity contribution in [1.82, 2.24) is 10.3 Å². The van der Waals surface area contributed by atoms with Crippen molar-refractivity contribution in [3.8, 4) is 11.5 Å². The lowest BCUT2D eigenvalue weighted by Crippen LogP contribution is -2.61. The number of anilines is 1. The Morgan fingerprint density at radius 3 is 2.92 bits per heavy atom. The first-order chi connectivity index (χ1) is 12.0. The summed E-state index contributed by atoms with van der Waals surface area (Å²) in [6.45, 7) is 1.72. The van der Waals surface area contributed by atoms with E-state index in [0.717, 1.165) is 5.56 Å². The fraction of sp³-hybridized carbons (Fsp3) is 0.278. The van der Waals surface area contributed by atoms with Crippen LogP contribution in [0.1, 0.15) is 12.5 Å². The smallest absolute Gasteiger partial charge is 0.281 e. The number of rotatable bonds is 4. The highest BCUT2D eigenvalue weighted by atomic mass is 16.5.